The lowest BCUT2D eigenvalue weighted by molar-refractivity contribution is 0.254. The zero-order chi connectivity index (χ0) is 22.8. The van der Waals surface area contributed by atoms with Crippen molar-refractivity contribution in [1.82, 2.24) is 19.9 Å². The van der Waals surface area contributed by atoms with Crippen LogP contribution in [-0.2, 0) is 0 Å². The van der Waals surface area contributed by atoms with E-state index in [2.05, 4.69) is 25.9 Å². The van der Waals surface area contributed by atoms with Gasteiger partial charge in [0, 0.05) is 47.0 Å². The number of fused-ring (bicyclic) bond motifs is 3. The van der Waals surface area contributed by atoms with Crippen LogP contribution in [0.25, 0.3) is 32.9 Å². The molecular formula is C26H29N5O2. The van der Waals surface area contributed by atoms with Crippen molar-refractivity contribution in [2.24, 2.45) is 0 Å². The lowest BCUT2D eigenvalue weighted by atomic mass is 10.0. The van der Waals surface area contributed by atoms with Crippen LogP contribution in [0.15, 0.2) is 42.7 Å². The lowest BCUT2D eigenvalue weighted by Crippen LogP contribution is -2.21. The highest BCUT2D eigenvalue weighted by molar-refractivity contribution is 6.10. The Morgan fingerprint density at radius 2 is 1.88 bits per heavy atom. The molecule has 7 nitrogen and oxygen atoms in total. The van der Waals surface area contributed by atoms with E-state index in [1.54, 1.807) is 19.5 Å². The molecule has 33 heavy (non-hydrogen) atoms. The number of hydrogen-bond acceptors (Lipinski definition) is 7. The number of nitrogens with two attached hydrogens (primary N) is 1. The second-order valence-electron chi connectivity index (χ2n) is 8.52. The van der Waals surface area contributed by atoms with Gasteiger partial charge in [-0.3, -0.25) is 9.97 Å². The largest absolute Gasteiger partial charge is 0.493 e. The molecule has 1 aliphatic rings. The van der Waals surface area contributed by atoms with E-state index in [1.165, 1.54) is 25.9 Å². The fraction of sp³-hybridized carbons (Fsp3) is 0.346. The average Bonchev–Trinajstić information content (AvgIpc) is 3.35. The molecule has 4 heterocycles. The second kappa shape index (κ2) is 9.19. The van der Waals surface area contributed by atoms with Crippen molar-refractivity contribution >= 4 is 27.5 Å². The van der Waals surface area contributed by atoms with Crippen LogP contribution < -0.4 is 15.2 Å². The Kier molecular flexibility index (Phi) is 5.96. The number of ether oxygens (including phenoxy) is 2. The molecule has 0 unspecified atom stereocenters. The molecule has 3 aromatic heterocycles. The Morgan fingerprint density at radius 1 is 1.03 bits per heavy atom. The summed E-state index contributed by atoms with van der Waals surface area (Å²) in [6, 6.07) is 9.91. The normalized spacial score (nSPS) is 14.2. The molecular weight excluding hydrogens is 414 g/mol. The molecule has 1 fully saturated rings. The average molecular weight is 444 g/mol. The highest BCUT2D eigenvalue weighted by Crippen LogP contribution is 2.37. The van der Waals surface area contributed by atoms with Crippen molar-refractivity contribution in [2.45, 2.75) is 26.2 Å². The molecule has 1 aromatic carbocycles. The van der Waals surface area contributed by atoms with E-state index < -0.39 is 0 Å². The standard InChI is InChI=1S/C26H29N5O2/c1-17-18(7-5-8-28-17)23-13-19-20-14-24(32-2)25(33-12-6-11-31-9-3-4-10-31)15-22(20)29-16-21(19)26(27)30-23/h5,7-8,13-16H,3-4,6,9-12H2,1-2H3,(H2,27,30). The predicted octanol–water partition coefficient (Wildman–Crippen LogP) is 4.61. The van der Waals surface area contributed by atoms with Crippen LogP contribution in [0.5, 0.6) is 11.5 Å². The summed E-state index contributed by atoms with van der Waals surface area (Å²) in [6.45, 7) is 6.09. The zero-order valence-corrected chi connectivity index (χ0v) is 19.2. The Labute approximate surface area is 193 Å². The van der Waals surface area contributed by atoms with Gasteiger partial charge in [0.2, 0.25) is 0 Å². The van der Waals surface area contributed by atoms with Crippen molar-refractivity contribution < 1.29 is 9.47 Å². The fourth-order valence-corrected chi connectivity index (χ4v) is 4.58. The Bertz CT molecular complexity index is 1300. The topological polar surface area (TPSA) is 86.4 Å². The minimum Gasteiger partial charge on any atom is -0.493 e. The quantitative estimate of drug-likeness (QED) is 0.330. The third-order valence-electron chi connectivity index (χ3n) is 6.35. The molecule has 0 bridgehead atoms. The number of pyridine rings is 3. The van der Waals surface area contributed by atoms with Gasteiger partial charge in [-0.2, -0.15) is 0 Å². The third-order valence-corrected chi connectivity index (χ3v) is 6.35. The Morgan fingerprint density at radius 3 is 2.67 bits per heavy atom. The number of nitrogens with zero attached hydrogens (tertiary/aromatic N) is 4. The number of aromatic nitrogens is 3. The number of likely N-dealkylation sites (tertiary alicyclic amines) is 1. The molecule has 0 radical (unpaired) electrons. The molecule has 0 aliphatic carbocycles. The molecule has 1 saturated heterocycles. The maximum atomic E-state index is 6.34. The molecule has 5 rings (SSSR count). The van der Waals surface area contributed by atoms with E-state index in [-0.39, 0.29) is 0 Å². The van der Waals surface area contributed by atoms with Crippen molar-refractivity contribution in [3.8, 4) is 22.8 Å². The highest BCUT2D eigenvalue weighted by atomic mass is 16.5. The first-order valence-corrected chi connectivity index (χ1v) is 11.5. The number of anilines is 1. The van der Waals surface area contributed by atoms with Gasteiger partial charge < -0.3 is 20.1 Å². The number of nitrogen functional groups attached to an aromatic ring is 1. The smallest absolute Gasteiger partial charge is 0.163 e. The van der Waals surface area contributed by atoms with Crippen LogP contribution in [-0.4, -0.2) is 53.2 Å². The SMILES string of the molecule is COc1cc2c(cc1OCCCN1CCCC1)ncc1c(N)nc(-c3cccnc3C)cc12. The van der Waals surface area contributed by atoms with Gasteiger partial charge in [-0.1, -0.05) is 0 Å². The minimum atomic E-state index is 0.446. The van der Waals surface area contributed by atoms with E-state index in [0.717, 1.165) is 51.6 Å². The van der Waals surface area contributed by atoms with Crippen molar-refractivity contribution in [3.63, 3.8) is 0 Å². The van der Waals surface area contributed by atoms with E-state index in [1.807, 2.05) is 31.2 Å². The molecule has 4 aromatic rings. The van der Waals surface area contributed by atoms with E-state index in [9.17, 15) is 0 Å². The van der Waals surface area contributed by atoms with Crippen LogP contribution in [0.4, 0.5) is 5.82 Å². The number of rotatable bonds is 7. The molecule has 0 saturated carbocycles. The van der Waals surface area contributed by atoms with Gasteiger partial charge in [0.15, 0.2) is 11.5 Å². The number of aryl methyl sites for hydroxylation is 1. The molecule has 2 N–H and O–H groups in total. The van der Waals surface area contributed by atoms with Crippen LogP contribution >= 0.6 is 0 Å². The second-order valence-corrected chi connectivity index (χ2v) is 8.52. The van der Waals surface area contributed by atoms with Crippen LogP contribution in [0.1, 0.15) is 25.0 Å². The summed E-state index contributed by atoms with van der Waals surface area (Å²) in [7, 11) is 1.66. The van der Waals surface area contributed by atoms with Crippen LogP contribution in [0.2, 0.25) is 0 Å². The maximum absolute atomic E-state index is 6.34. The van der Waals surface area contributed by atoms with Gasteiger partial charge in [-0.05, 0) is 68.9 Å². The summed E-state index contributed by atoms with van der Waals surface area (Å²) in [5.41, 5.74) is 9.83. The van der Waals surface area contributed by atoms with Gasteiger partial charge in [-0.25, -0.2) is 4.98 Å². The van der Waals surface area contributed by atoms with Gasteiger partial charge in [0.25, 0.3) is 0 Å². The first kappa shape index (κ1) is 21.4. The summed E-state index contributed by atoms with van der Waals surface area (Å²) in [5.74, 6) is 1.84. The van der Waals surface area contributed by atoms with Gasteiger partial charge in [0.1, 0.15) is 5.82 Å². The molecule has 7 heteroatoms. The van der Waals surface area contributed by atoms with Gasteiger partial charge >= 0.3 is 0 Å². The summed E-state index contributed by atoms with van der Waals surface area (Å²) in [4.78, 5) is 16.2. The van der Waals surface area contributed by atoms with Crippen molar-refractivity contribution in [3.05, 3.63) is 48.4 Å². The van der Waals surface area contributed by atoms with Crippen LogP contribution in [0.3, 0.4) is 0 Å². The summed E-state index contributed by atoms with van der Waals surface area (Å²) in [5, 5.41) is 2.74. The Balaban J connectivity index is 1.50. The van der Waals surface area contributed by atoms with Crippen LogP contribution in [0, 0.1) is 6.92 Å². The first-order valence-electron chi connectivity index (χ1n) is 11.5. The summed E-state index contributed by atoms with van der Waals surface area (Å²) < 4.78 is 11.8. The lowest BCUT2D eigenvalue weighted by Gasteiger charge is -2.16. The maximum Gasteiger partial charge on any atom is 0.163 e. The zero-order valence-electron chi connectivity index (χ0n) is 19.2. The molecule has 0 atom stereocenters. The highest BCUT2D eigenvalue weighted by Gasteiger charge is 2.15. The van der Waals surface area contributed by atoms with Gasteiger partial charge in [0.05, 0.1) is 24.9 Å². The third kappa shape index (κ3) is 4.28. The van der Waals surface area contributed by atoms with Gasteiger partial charge in [-0.15, -0.1) is 0 Å². The summed E-state index contributed by atoms with van der Waals surface area (Å²) in [6.07, 6.45) is 7.16. The monoisotopic (exact) mass is 443 g/mol. The predicted molar refractivity (Wildman–Crippen MR) is 132 cm³/mol. The molecule has 170 valence electrons. The van der Waals surface area contributed by atoms with Crippen molar-refractivity contribution in [2.75, 3.05) is 39.1 Å². The number of methoxy groups -OCH3 is 1. The molecule has 0 spiro atoms. The minimum absolute atomic E-state index is 0.446. The Hall–Kier alpha value is -3.45. The van der Waals surface area contributed by atoms with E-state index in [0.29, 0.717) is 23.9 Å². The van der Waals surface area contributed by atoms with E-state index in [4.69, 9.17) is 15.2 Å². The summed E-state index contributed by atoms with van der Waals surface area (Å²) >= 11 is 0. The fourth-order valence-electron chi connectivity index (χ4n) is 4.58. The first-order chi connectivity index (χ1) is 16.1. The molecule has 1 aliphatic heterocycles. The number of hydrogen-bond donors (Lipinski definition) is 1. The molecule has 0 amide bonds. The number of benzene rings is 1. The van der Waals surface area contributed by atoms with Crippen molar-refractivity contribution in [1.29, 1.82) is 0 Å². The van der Waals surface area contributed by atoms with E-state index >= 15 is 0 Å².